The van der Waals surface area contributed by atoms with Crippen molar-refractivity contribution in [1.29, 1.82) is 0 Å². The van der Waals surface area contributed by atoms with Crippen LogP contribution in [-0.2, 0) is 4.79 Å². The zero-order valence-electron chi connectivity index (χ0n) is 19.3. The Morgan fingerprint density at radius 1 is 1.32 bits per heavy atom. The molecule has 1 N–H and O–H groups in total. The number of aryl methyl sites for hydroxylation is 1. The number of anilines is 2. The van der Waals surface area contributed by atoms with Crippen LogP contribution in [0.5, 0.6) is 0 Å². The molecule has 1 atom stereocenters. The number of piperazine rings is 1. The minimum absolute atomic E-state index is 0.0262. The van der Waals surface area contributed by atoms with Crippen LogP contribution >= 0.6 is 11.6 Å². The first-order valence-corrected chi connectivity index (χ1v) is 11.4. The Morgan fingerprint density at radius 2 is 2.06 bits per heavy atom. The number of carboxylic acid groups (broad SMARTS) is 1. The van der Waals surface area contributed by atoms with Crippen molar-refractivity contribution in [3.05, 3.63) is 57.7 Å². The number of carbonyl (C=O) groups excluding carboxylic acids is 1. The number of amidine groups is 1. The van der Waals surface area contributed by atoms with Crippen LogP contribution in [0.4, 0.5) is 20.7 Å². The number of pyridine rings is 1. The van der Waals surface area contributed by atoms with Crippen LogP contribution in [0.1, 0.15) is 43.4 Å². The number of hydrogen-bond acceptors (Lipinski definition) is 6. The second kappa shape index (κ2) is 9.08. The van der Waals surface area contributed by atoms with Gasteiger partial charge in [0.25, 0.3) is 0 Å². The van der Waals surface area contributed by atoms with E-state index in [-0.39, 0.29) is 41.8 Å². The topological polar surface area (TPSA) is 89.3 Å². The molecule has 1 amide bonds. The molecule has 2 aliphatic heterocycles. The third-order valence-corrected chi connectivity index (χ3v) is 6.43. The standard InChI is InChI=1S/C24H25ClFN5O3/c1-13(2)16-7-5-6-14(3)20(16)31-19(12-32)27-22(17-10-18(26)21(25)28-23(17)31)30-9-8-29(24(33)34)11-15(30)4/h5-7,10,13,15H,8-9,11H2,1-4H3,(H,33,34)/t15-/m0/s1. The van der Waals surface area contributed by atoms with E-state index in [1.54, 1.807) is 4.90 Å². The number of nitrogens with zero attached hydrogens (tertiary/aromatic N) is 5. The average molecular weight is 486 g/mol. The van der Waals surface area contributed by atoms with Gasteiger partial charge < -0.3 is 14.9 Å². The Hall–Kier alpha value is -3.42. The van der Waals surface area contributed by atoms with E-state index in [0.29, 0.717) is 17.9 Å². The summed E-state index contributed by atoms with van der Waals surface area (Å²) in [6, 6.07) is 6.82. The Balaban J connectivity index is 1.92. The summed E-state index contributed by atoms with van der Waals surface area (Å²) in [7, 11) is 0. The average Bonchev–Trinajstić information content (AvgIpc) is 2.79. The molecule has 34 heavy (non-hydrogen) atoms. The highest BCUT2D eigenvalue weighted by Crippen LogP contribution is 2.42. The maximum absolute atomic E-state index is 14.7. The summed E-state index contributed by atoms with van der Waals surface area (Å²) in [5.74, 6) is 1.93. The fourth-order valence-corrected chi connectivity index (χ4v) is 4.64. The highest BCUT2D eigenvalue weighted by molar-refractivity contribution is 6.30. The van der Waals surface area contributed by atoms with Crippen LogP contribution in [0.15, 0.2) is 35.1 Å². The maximum Gasteiger partial charge on any atom is 0.407 e. The second-order valence-electron chi connectivity index (χ2n) is 8.77. The molecular formula is C24H25ClFN5O3. The molecule has 0 aliphatic carbocycles. The lowest BCUT2D eigenvalue weighted by Gasteiger charge is -2.42. The maximum atomic E-state index is 14.7. The summed E-state index contributed by atoms with van der Waals surface area (Å²) in [5.41, 5.74) is 2.94. The number of amides is 1. The van der Waals surface area contributed by atoms with E-state index < -0.39 is 11.9 Å². The number of aromatic nitrogens is 1. The Labute approximate surface area is 202 Å². The molecule has 178 valence electrons. The number of hydrogen-bond donors (Lipinski definition) is 1. The minimum Gasteiger partial charge on any atom is -0.465 e. The molecule has 0 radical (unpaired) electrons. The van der Waals surface area contributed by atoms with Gasteiger partial charge in [-0.3, -0.25) is 4.90 Å². The van der Waals surface area contributed by atoms with Gasteiger partial charge in [-0.25, -0.2) is 24.0 Å². The molecule has 0 bridgehead atoms. The Morgan fingerprint density at radius 3 is 2.68 bits per heavy atom. The van der Waals surface area contributed by atoms with Gasteiger partial charge >= 0.3 is 6.09 Å². The summed E-state index contributed by atoms with van der Waals surface area (Å²) >= 11 is 6.10. The molecule has 3 heterocycles. The number of benzene rings is 1. The van der Waals surface area contributed by atoms with Gasteiger partial charge in [-0.1, -0.05) is 43.6 Å². The molecule has 1 saturated heterocycles. The summed E-state index contributed by atoms with van der Waals surface area (Å²) in [5, 5.41) is 9.04. The van der Waals surface area contributed by atoms with Crippen molar-refractivity contribution < 1.29 is 19.1 Å². The smallest absolute Gasteiger partial charge is 0.407 e. The molecule has 8 nitrogen and oxygen atoms in total. The number of aliphatic imine (C=N–C) groups is 1. The molecule has 4 rings (SSSR count). The number of halogens is 2. The molecule has 2 aliphatic rings. The van der Waals surface area contributed by atoms with Crippen LogP contribution in [-0.4, -0.2) is 63.4 Å². The summed E-state index contributed by atoms with van der Waals surface area (Å²) in [4.78, 5) is 37.3. The molecule has 1 aromatic heterocycles. The van der Waals surface area contributed by atoms with Gasteiger partial charge in [-0.15, -0.1) is 0 Å². The predicted molar refractivity (Wildman–Crippen MR) is 128 cm³/mol. The van der Waals surface area contributed by atoms with Gasteiger partial charge in [-0.05, 0) is 37.0 Å². The third kappa shape index (κ3) is 4.02. The summed E-state index contributed by atoms with van der Waals surface area (Å²) < 4.78 is 14.7. The zero-order valence-corrected chi connectivity index (χ0v) is 20.1. The monoisotopic (exact) mass is 485 g/mol. The normalized spacial score (nSPS) is 18.1. The first-order chi connectivity index (χ1) is 16.1. The van der Waals surface area contributed by atoms with Crippen molar-refractivity contribution in [3.63, 3.8) is 0 Å². The van der Waals surface area contributed by atoms with E-state index in [4.69, 9.17) is 11.6 Å². The van der Waals surface area contributed by atoms with Crippen LogP contribution in [0.25, 0.3) is 0 Å². The third-order valence-electron chi connectivity index (χ3n) is 6.17. The number of para-hydroxylation sites is 1. The van der Waals surface area contributed by atoms with E-state index in [9.17, 15) is 19.1 Å². The molecule has 1 aromatic carbocycles. The van der Waals surface area contributed by atoms with Crippen LogP contribution in [0.2, 0.25) is 5.15 Å². The fourth-order valence-electron chi connectivity index (χ4n) is 4.50. The van der Waals surface area contributed by atoms with Gasteiger partial charge in [-0.2, -0.15) is 0 Å². The van der Waals surface area contributed by atoms with Gasteiger partial charge in [0.15, 0.2) is 22.7 Å². The van der Waals surface area contributed by atoms with E-state index in [0.717, 1.165) is 16.8 Å². The summed E-state index contributed by atoms with van der Waals surface area (Å²) in [6.45, 7) is 8.66. The molecule has 2 aromatic rings. The first kappa shape index (κ1) is 23.7. The first-order valence-electron chi connectivity index (χ1n) is 11.0. The zero-order chi connectivity index (χ0) is 24.7. The van der Waals surface area contributed by atoms with E-state index in [1.165, 1.54) is 11.0 Å². The molecule has 0 unspecified atom stereocenters. The quantitative estimate of drug-likeness (QED) is 0.495. The molecule has 10 heteroatoms. The number of carbonyl (C=O) groups is 1. The molecule has 0 saturated carbocycles. The Kier molecular flexibility index (Phi) is 6.34. The van der Waals surface area contributed by atoms with E-state index in [1.807, 2.05) is 56.7 Å². The lowest BCUT2D eigenvalue weighted by Crippen LogP contribution is -2.56. The van der Waals surface area contributed by atoms with Crippen molar-refractivity contribution in [1.82, 2.24) is 14.8 Å². The van der Waals surface area contributed by atoms with Crippen LogP contribution < -0.4 is 4.90 Å². The van der Waals surface area contributed by atoms with Crippen LogP contribution in [0, 0.1) is 12.7 Å². The molecule has 0 spiro atoms. The largest absolute Gasteiger partial charge is 0.465 e. The lowest BCUT2D eigenvalue weighted by molar-refractivity contribution is 0.106. The van der Waals surface area contributed by atoms with Crippen molar-refractivity contribution in [3.8, 4) is 0 Å². The van der Waals surface area contributed by atoms with Crippen molar-refractivity contribution in [2.45, 2.75) is 39.7 Å². The van der Waals surface area contributed by atoms with Gasteiger partial charge in [0.1, 0.15) is 5.84 Å². The van der Waals surface area contributed by atoms with Crippen LogP contribution in [0.3, 0.4) is 0 Å². The van der Waals surface area contributed by atoms with Gasteiger partial charge in [0, 0.05) is 25.7 Å². The number of fused-ring (bicyclic) bond motifs is 1. The highest BCUT2D eigenvalue weighted by Gasteiger charge is 2.37. The van der Waals surface area contributed by atoms with E-state index >= 15 is 0 Å². The van der Waals surface area contributed by atoms with Crippen molar-refractivity contribution >= 4 is 41.0 Å². The van der Waals surface area contributed by atoms with Crippen molar-refractivity contribution in [2.24, 2.45) is 4.99 Å². The predicted octanol–water partition coefficient (Wildman–Crippen LogP) is 4.56. The fraction of sp³-hybridized carbons (Fsp3) is 0.375. The summed E-state index contributed by atoms with van der Waals surface area (Å²) in [6.07, 6.45) is -1.00. The van der Waals surface area contributed by atoms with E-state index in [2.05, 4.69) is 9.98 Å². The molecule has 1 fully saturated rings. The lowest BCUT2D eigenvalue weighted by atomic mass is 9.96. The second-order valence-corrected chi connectivity index (χ2v) is 9.13. The van der Waals surface area contributed by atoms with Crippen molar-refractivity contribution in [2.75, 3.05) is 24.5 Å². The highest BCUT2D eigenvalue weighted by atomic mass is 35.5. The molecular weight excluding hydrogens is 461 g/mol. The van der Waals surface area contributed by atoms with Gasteiger partial charge in [0.2, 0.25) is 5.82 Å². The number of rotatable bonds is 2. The Bertz CT molecular complexity index is 1240. The minimum atomic E-state index is -1.00. The van der Waals surface area contributed by atoms with Gasteiger partial charge in [0.05, 0.1) is 11.3 Å². The SMILES string of the molecule is Cc1cccc(C(C)C)c1N1C(=C=O)N=C(N2CCN(C(=O)O)C[C@@H]2C)c2cc(F)c(Cl)nc21.